The summed E-state index contributed by atoms with van der Waals surface area (Å²) < 4.78 is 0. The van der Waals surface area contributed by atoms with Crippen LogP contribution >= 0.6 is 0 Å². The van der Waals surface area contributed by atoms with E-state index in [1.54, 1.807) is 11.1 Å². The summed E-state index contributed by atoms with van der Waals surface area (Å²) in [5, 5.41) is 3.42. The van der Waals surface area contributed by atoms with Gasteiger partial charge in [-0.05, 0) is 82.3 Å². The lowest BCUT2D eigenvalue weighted by Crippen LogP contribution is -2.52. The van der Waals surface area contributed by atoms with Crippen molar-refractivity contribution < 1.29 is 4.79 Å². The number of nitrogens with zero attached hydrogens (tertiary/aromatic N) is 3. The summed E-state index contributed by atoms with van der Waals surface area (Å²) in [4.78, 5) is 20.7. The topological polar surface area (TPSA) is 38.8 Å². The molecular weight excluding hydrogens is 372 g/mol. The number of hydrogen-bond donors (Lipinski definition) is 1. The van der Waals surface area contributed by atoms with Crippen LogP contribution in [0.4, 0.5) is 0 Å². The van der Waals surface area contributed by atoms with Crippen molar-refractivity contribution in [3.8, 4) is 0 Å². The smallest absolute Gasteiger partial charge is 0.227 e. The van der Waals surface area contributed by atoms with Crippen molar-refractivity contribution >= 4 is 5.91 Å². The average molecular weight is 411 g/mol. The SMILES string of the molecule is O=C([C@H]1CCCN(C2CCN(C3Cc4ccccc4C3)CC2)C1)N1CCCNCC1. The molecule has 4 aliphatic rings. The Bertz CT molecular complexity index is 697. The summed E-state index contributed by atoms with van der Waals surface area (Å²) in [5.74, 6) is 0.642. The number of rotatable bonds is 3. The van der Waals surface area contributed by atoms with Gasteiger partial charge in [-0.3, -0.25) is 14.6 Å². The van der Waals surface area contributed by atoms with Crippen LogP contribution < -0.4 is 5.32 Å². The maximum absolute atomic E-state index is 13.1. The van der Waals surface area contributed by atoms with E-state index in [2.05, 4.69) is 44.3 Å². The number of fused-ring (bicyclic) bond motifs is 1. The summed E-state index contributed by atoms with van der Waals surface area (Å²) in [6.45, 7) is 8.43. The van der Waals surface area contributed by atoms with E-state index in [1.807, 2.05) is 0 Å². The molecule has 30 heavy (non-hydrogen) atoms. The summed E-state index contributed by atoms with van der Waals surface area (Å²) in [7, 11) is 0. The number of hydrogen-bond acceptors (Lipinski definition) is 4. The average Bonchev–Trinajstić information content (AvgIpc) is 3.05. The van der Waals surface area contributed by atoms with Crippen molar-refractivity contribution in [2.45, 2.75) is 57.0 Å². The summed E-state index contributed by atoms with van der Waals surface area (Å²) in [6, 6.07) is 10.4. The molecule has 0 spiro atoms. The van der Waals surface area contributed by atoms with Gasteiger partial charge in [-0.25, -0.2) is 0 Å². The largest absolute Gasteiger partial charge is 0.341 e. The van der Waals surface area contributed by atoms with Crippen molar-refractivity contribution in [1.29, 1.82) is 0 Å². The molecule has 1 atom stereocenters. The van der Waals surface area contributed by atoms with E-state index >= 15 is 0 Å². The van der Waals surface area contributed by atoms with Crippen LogP contribution in [-0.2, 0) is 17.6 Å². The van der Waals surface area contributed by atoms with Gasteiger partial charge in [0.15, 0.2) is 0 Å². The lowest BCUT2D eigenvalue weighted by molar-refractivity contribution is -0.137. The Morgan fingerprint density at radius 2 is 1.57 bits per heavy atom. The molecule has 0 bridgehead atoms. The Morgan fingerprint density at radius 3 is 2.33 bits per heavy atom. The molecule has 3 heterocycles. The zero-order chi connectivity index (χ0) is 20.3. The number of carbonyl (C=O) groups is 1. The van der Waals surface area contributed by atoms with E-state index in [-0.39, 0.29) is 5.92 Å². The van der Waals surface area contributed by atoms with Gasteiger partial charge in [-0.1, -0.05) is 24.3 Å². The molecule has 5 heteroatoms. The first kappa shape index (κ1) is 20.5. The second-order valence-electron chi connectivity index (χ2n) is 9.86. The third-order valence-corrected chi connectivity index (χ3v) is 8.02. The van der Waals surface area contributed by atoms with E-state index in [1.165, 1.54) is 51.7 Å². The van der Waals surface area contributed by atoms with Crippen LogP contribution in [0.25, 0.3) is 0 Å². The number of amides is 1. The molecule has 1 aromatic rings. The molecule has 0 unspecified atom stereocenters. The van der Waals surface area contributed by atoms with E-state index in [4.69, 9.17) is 0 Å². The number of carbonyl (C=O) groups excluding carboxylic acids is 1. The Kier molecular flexibility index (Phi) is 6.40. The monoisotopic (exact) mass is 410 g/mol. The second kappa shape index (κ2) is 9.37. The highest BCUT2D eigenvalue weighted by molar-refractivity contribution is 5.79. The first-order chi connectivity index (χ1) is 14.8. The maximum atomic E-state index is 13.1. The predicted octanol–water partition coefficient (Wildman–Crippen LogP) is 2.15. The Labute approximate surface area is 181 Å². The quantitative estimate of drug-likeness (QED) is 0.829. The summed E-state index contributed by atoms with van der Waals surface area (Å²) in [5.41, 5.74) is 3.12. The molecule has 1 N–H and O–H groups in total. The molecule has 1 aromatic carbocycles. The van der Waals surface area contributed by atoms with Crippen molar-refractivity contribution in [3.63, 3.8) is 0 Å². The standard InChI is InChI=1S/C25H38N4O/c30-25(28-13-4-10-26-11-16-28)22-7-3-12-29(19-22)23-8-14-27(15-9-23)24-17-20-5-1-2-6-21(20)18-24/h1-2,5-6,22-24,26H,3-4,7-19H2/t22-/m0/s1. The van der Waals surface area contributed by atoms with Crippen LogP contribution in [0.2, 0.25) is 0 Å². The maximum Gasteiger partial charge on any atom is 0.227 e. The number of benzene rings is 1. The van der Waals surface area contributed by atoms with Crippen molar-refractivity contribution in [1.82, 2.24) is 20.0 Å². The minimum absolute atomic E-state index is 0.221. The molecule has 0 saturated carbocycles. The van der Waals surface area contributed by atoms with Crippen LogP contribution in [0, 0.1) is 5.92 Å². The summed E-state index contributed by atoms with van der Waals surface area (Å²) >= 11 is 0. The molecule has 3 saturated heterocycles. The molecule has 0 radical (unpaired) electrons. The highest BCUT2D eigenvalue weighted by Gasteiger charge is 2.35. The summed E-state index contributed by atoms with van der Waals surface area (Å²) in [6.07, 6.45) is 8.34. The first-order valence-electron chi connectivity index (χ1n) is 12.3. The second-order valence-corrected chi connectivity index (χ2v) is 9.86. The molecule has 5 nitrogen and oxygen atoms in total. The van der Waals surface area contributed by atoms with Gasteiger partial charge in [0.05, 0.1) is 5.92 Å². The third kappa shape index (κ3) is 4.44. The van der Waals surface area contributed by atoms with Gasteiger partial charge in [0.25, 0.3) is 0 Å². The molecular formula is C25H38N4O. The molecule has 3 fully saturated rings. The van der Waals surface area contributed by atoms with Crippen LogP contribution in [0.1, 0.15) is 43.2 Å². The van der Waals surface area contributed by atoms with E-state index in [0.29, 0.717) is 18.0 Å². The minimum atomic E-state index is 0.221. The van der Waals surface area contributed by atoms with Crippen LogP contribution in [0.5, 0.6) is 0 Å². The van der Waals surface area contributed by atoms with Crippen LogP contribution in [0.15, 0.2) is 24.3 Å². The normalized spacial score (nSPS) is 27.7. The van der Waals surface area contributed by atoms with Gasteiger partial charge in [0.1, 0.15) is 0 Å². The first-order valence-corrected chi connectivity index (χ1v) is 12.3. The predicted molar refractivity (Wildman–Crippen MR) is 121 cm³/mol. The van der Waals surface area contributed by atoms with Crippen LogP contribution in [-0.4, -0.2) is 85.0 Å². The number of piperidine rings is 2. The molecule has 5 rings (SSSR count). The fourth-order valence-electron chi connectivity index (χ4n) is 6.27. The van der Waals surface area contributed by atoms with E-state index < -0.39 is 0 Å². The molecule has 0 aromatic heterocycles. The lowest BCUT2D eigenvalue weighted by Gasteiger charge is -2.44. The molecule has 1 amide bonds. The third-order valence-electron chi connectivity index (χ3n) is 8.02. The number of nitrogens with one attached hydrogen (secondary N) is 1. The molecule has 1 aliphatic carbocycles. The van der Waals surface area contributed by atoms with Crippen molar-refractivity contribution in [2.75, 3.05) is 52.4 Å². The van der Waals surface area contributed by atoms with E-state index in [9.17, 15) is 4.79 Å². The molecule has 164 valence electrons. The van der Waals surface area contributed by atoms with Gasteiger partial charge in [0, 0.05) is 38.3 Å². The van der Waals surface area contributed by atoms with Crippen molar-refractivity contribution in [2.24, 2.45) is 5.92 Å². The zero-order valence-corrected chi connectivity index (χ0v) is 18.4. The van der Waals surface area contributed by atoms with Gasteiger partial charge in [-0.15, -0.1) is 0 Å². The molecule has 3 aliphatic heterocycles. The Hall–Kier alpha value is -1.43. The fraction of sp³-hybridized carbons (Fsp3) is 0.720. The fourth-order valence-corrected chi connectivity index (χ4v) is 6.27. The highest BCUT2D eigenvalue weighted by Crippen LogP contribution is 2.30. The van der Waals surface area contributed by atoms with Gasteiger partial charge in [0.2, 0.25) is 5.91 Å². The number of likely N-dealkylation sites (tertiary alicyclic amines) is 2. The minimum Gasteiger partial charge on any atom is -0.341 e. The van der Waals surface area contributed by atoms with Gasteiger partial charge < -0.3 is 10.2 Å². The van der Waals surface area contributed by atoms with Gasteiger partial charge in [-0.2, -0.15) is 0 Å². The Morgan fingerprint density at radius 1 is 0.800 bits per heavy atom. The van der Waals surface area contributed by atoms with Gasteiger partial charge >= 0.3 is 0 Å². The highest BCUT2D eigenvalue weighted by atomic mass is 16.2. The Balaban J connectivity index is 1.12. The lowest BCUT2D eigenvalue weighted by atomic mass is 9.92. The van der Waals surface area contributed by atoms with Crippen molar-refractivity contribution in [3.05, 3.63) is 35.4 Å². The van der Waals surface area contributed by atoms with E-state index in [0.717, 1.165) is 45.6 Å². The zero-order valence-electron chi connectivity index (χ0n) is 18.4. The van der Waals surface area contributed by atoms with Crippen LogP contribution in [0.3, 0.4) is 0 Å².